The molecule has 0 aliphatic heterocycles. The van der Waals surface area contributed by atoms with Crippen LogP contribution in [0.3, 0.4) is 0 Å². The quantitative estimate of drug-likeness (QED) is 0.654. The van der Waals surface area contributed by atoms with E-state index < -0.39 is 0 Å². The van der Waals surface area contributed by atoms with Crippen molar-refractivity contribution in [3.8, 4) is 0 Å². The minimum absolute atomic E-state index is 1.01. The van der Waals surface area contributed by atoms with Gasteiger partial charge in [-0.3, -0.25) is 0 Å². The summed E-state index contributed by atoms with van der Waals surface area (Å²) in [5, 5.41) is 1.20. The first-order valence-electron chi connectivity index (χ1n) is 2.96. The lowest BCUT2D eigenvalue weighted by atomic mass is 10.4. The first-order chi connectivity index (χ1) is 4.33. The summed E-state index contributed by atoms with van der Waals surface area (Å²) in [6, 6.07) is 0. The van der Waals surface area contributed by atoms with E-state index in [1.54, 1.807) is 17.5 Å². The molecule has 9 heavy (non-hydrogen) atoms. The van der Waals surface area contributed by atoms with Crippen molar-refractivity contribution in [1.29, 1.82) is 0 Å². The Balaban J connectivity index is 2.61. The van der Waals surface area contributed by atoms with Crippen LogP contribution in [0.2, 0.25) is 0 Å². The lowest BCUT2D eigenvalue weighted by Crippen LogP contribution is -1.76. The van der Waals surface area contributed by atoms with Crippen LogP contribution in [0, 0.1) is 0 Å². The van der Waals surface area contributed by atoms with E-state index in [-0.39, 0.29) is 0 Å². The molecule has 0 radical (unpaired) electrons. The van der Waals surface area contributed by atoms with Crippen LogP contribution in [-0.4, -0.2) is 4.98 Å². The molecule has 1 aromatic rings. The second-order valence-corrected chi connectivity index (χ2v) is 3.74. The molecule has 1 nitrogen and oxygen atoms in total. The molecule has 1 rings (SSSR count). The van der Waals surface area contributed by atoms with Gasteiger partial charge < -0.3 is 0 Å². The highest BCUT2D eigenvalue weighted by molar-refractivity contribution is 7.82. The van der Waals surface area contributed by atoms with Crippen molar-refractivity contribution in [2.24, 2.45) is 0 Å². The van der Waals surface area contributed by atoms with Gasteiger partial charge in [-0.2, -0.15) is 0 Å². The predicted molar refractivity (Wildman–Crippen MR) is 43.4 cm³/mol. The van der Waals surface area contributed by atoms with E-state index in [1.165, 1.54) is 11.4 Å². The van der Waals surface area contributed by atoms with Crippen LogP contribution in [0.5, 0.6) is 0 Å². The molecule has 0 aromatic carbocycles. The Bertz CT molecular complexity index is 183. The highest BCUT2D eigenvalue weighted by Gasteiger charge is 1.94. The third kappa shape index (κ3) is 1.99. The van der Waals surface area contributed by atoms with Gasteiger partial charge in [0.05, 0.1) is 15.4 Å². The molecular formula is C6H9NS2. The van der Waals surface area contributed by atoms with Crippen LogP contribution >= 0.6 is 24.0 Å². The minimum Gasteiger partial charge on any atom is -0.249 e. The topological polar surface area (TPSA) is 12.9 Å². The second-order valence-electron chi connectivity index (χ2n) is 1.84. The Kier molecular flexibility index (Phi) is 2.54. The smallest absolute Gasteiger partial charge is 0.0936 e. The van der Waals surface area contributed by atoms with Gasteiger partial charge in [0.1, 0.15) is 0 Å². The molecule has 3 heteroatoms. The first kappa shape index (κ1) is 7.09. The van der Waals surface area contributed by atoms with Crippen molar-refractivity contribution in [1.82, 2.24) is 4.98 Å². The van der Waals surface area contributed by atoms with Crippen LogP contribution in [0.25, 0.3) is 0 Å². The zero-order valence-electron chi connectivity index (χ0n) is 5.29. The first-order valence-corrected chi connectivity index (χ1v) is 4.23. The van der Waals surface area contributed by atoms with E-state index in [0.29, 0.717) is 0 Å². The van der Waals surface area contributed by atoms with Gasteiger partial charge in [0.2, 0.25) is 0 Å². The van der Waals surface area contributed by atoms with E-state index in [9.17, 15) is 0 Å². The Morgan fingerprint density at radius 2 is 2.56 bits per heavy atom. The summed E-state index contributed by atoms with van der Waals surface area (Å²) in [4.78, 5) is 4.15. The summed E-state index contributed by atoms with van der Waals surface area (Å²) in [6.07, 6.45) is 4.06. The van der Waals surface area contributed by atoms with Gasteiger partial charge in [-0.15, -0.1) is 24.0 Å². The van der Waals surface area contributed by atoms with Crippen LogP contribution in [0.4, 0.5) is 0 Å². The Hall–Kier alpha value is -0.0200. The standard InChI is InChI=1S/C6H9NS2/c1-2-3-5-7-4-6(8)9-5/h4,8H,2-3H2,1H3. The number of hydrogen-bond donors (Lipinski definition) is 1. The average molecular weight is 159 g/mol. The summed E-state index contributed by atoms with van der Waals surface area (Å²) in [5.41, 5.74) is 0. The zero-order valence-corrected chi connectivity index (χ0v) is 7.01. The molecule has 1 heterocycles. The van der Waals surface area contributed by atoms with Gasteiger partial charge >= 0.3 is 0 Å². The molecule has 0 aliphatic carbocycles. The van der Waals surface area contributed by atoms with Crippen LogP contribution in [0.1, 0.15) is 18.4 Å². The van der Waals surface area contributed by atoms with Gasteiger partial charge in [0.25, 0.3) is 0 Å². The summed E-state index contributed by atoms with van der Waals surface area (Å²) < 4.78 is 1.01. The maximum atomic E-state index is 4.15. The van der Waals surface area contributed by atoms with E-state index in [4.69, 9.17) is 0 Å². The Morgan fingerprint density at radius 3 is 3.00 bits per heavy atom. The number of thiazole rings is 1. The summed E-state index contributed by atoms with van der Waals surface area (Å²) in [7, 11) is 0. The number of thiol groups is 1. The van der Waals surface area contributed by atoms with Crippen molar-refractivity contribution in [2.75, 3.05) is 0 Å². The third-order valence-corrected chi connectivity index (χ3v) is 2.25. The minimum atomic E-state index is 1.01. The van der Waals surface area contributed by atoms with Crippen molar-refractivity contribution in [3.63, 3.8) is 0 Å². The number of hydrogen-bond acceptors (Lipinski definition) is 3. The summed E-state index contributed by atoms with van der Waals surface area (Å²) >= 11 is 5.82. The van der Waals surface area contributed by atoms with Crippen molar-refractivity contribution in [2.45, 2.75) is 24.0 Å². The molecule has 0 N–H and O–H groups in total. The van der Waals surface area contributed by atoms with E-state index in [0.717, 1.165) is 10.6 Å². The molecule has 0 spiro atoms. The Labute approximate surface area is 64.5 Å². The molecule has 1 aromatic heterocycles. The van der Waals surface area contributed by atoms with Gasteiger partial charge in [0.15, 0.2) is 0 Å². The van der Waals surface area contributed by atoms with Crippen LogP contribution in [0.15, 0.2) is 10.4 Å². The van der Waals surface area contributed by atoms with Gasteiger partial charge in [-0.05, 0) is 12.8 Å². The van der Waals surface area contributed by atoms with Gasteiger partial charge in [-0.1, -0.05) is 6.92 Å². The predicted octanol–water partition coefficient (Wildman–Crippen LogP) is 2.38. The molecule has 0 fully saturated rings. The molecule has 0 saturated carbocycles. The van der Waals surface area contributed by atoms with E-state index in [2.05, 4.69) is 24.5 Å². The lowest BCUT2D eigenvalue weighted by molar-refractivity contribution is 0.908. The molecule has 0 aliphatic rings. The van der Waals surface area contributed by atoms with Crippen molar-refractivity contribution >= 4 is 24.0 Å². The van der Waals surface area contributed by atoms with Gasteiger partial charge in [-0.25, -0.2) is 4.98 Å². The fourth-order valence-corrected chi connectivity index (χ4v) is 1.76. The maximum absolute atomic E-state index is 4.15. The summed E-state index contributed by atoms with van der Waals surface area (Å²) in [6.45, 7) is 2.15. The highest BCUT2D eigenvalue weighted by Crippen LogP contribution is 2.17. The number of rotatable bonds is 2. The molecule has 0 amide bonds. The fourth-order valence-electron chi connectivity index (χ4n) is 0.630. The number of aryl methyl sites for hydroxylation is 1. The van der Waals surface area contributed by atoms with E-state index in [1.807, 2.05) is 0 Å². The summed E-state index contributed by atoms with van der Waals surface area (Å²) in [5.74, 6) is 0. The zero-order chi connectivity index (χ0) is 6.69. The largest absolute Gasteiger partial charge is 0.249 e. The van der Waals surface area contributed by atoms with Crippen molar-refractivity contribution < 1.29 is 0 Å². The molecule has 0 atom stereocenters. The molecular weight excluding hydrogens is 150 g/mol. The third-order valence-electron chi connectivity index (χ3n) is 1.01. The normalized spacial score (nSPS) is 10.0. The second kappa shape index (κ2) is 3.22. The van der Waals surface area contributed by atoms with Gasteiger partial charge in [0, 0.05) is 0 Å². The monoisotopic (exact) mass is 159 g/mol. The molecule has 0 bridgehead atoms. The van der Waals surface area contributed by atoms with Crippen molar-refractivity contribution in [3.05, 3.63) is 11.2 Å². The molecule has 50 valence electrons. The highest BCUT2D eigenvalue weighted by atomic mass is 32.2. The Morgan fingerprint density at radius 1 is 1.78 bits per heavy atom. The molecule has 0 unspecified atom stereocenters. The van der Waals surface area contributed by atoms with Crippen LogP contribution in [-0.2, 0) is 6.42 Å². The number of nitrogens with zero attached hydrogens (tertiary/aromatic N) is 1. The van der Waals surface area contributed by atoms with E-state index >= 15 is 0 Å². The average Bonchev–Trinajstić information content (AvgIpc) is 2.17. The fraction of sp³-hybridized carbons (Fsp3) is 0.500. The lowest BCUT2D eigenvalue weighted by Gasteiger charge is -1.84. The number of aromatic nitrogens is 1. The maximum Gasteiger partial charge on any atom is 0.0936 e. The molecule has 0 saturated heterocycles. The SMILES string of the molecule is CCCc1ncc(S)s1. The van der Waals surface area contributed by atoms with Crippen LogP contribution < -0.4 is 0 Å².